The van der Waals surface area contributed by atoms with E-state index in [1.165, 1.54) is 16.6 Å². The van der Waals surface area contributed by atoms with Crippen molar-refractivity contribution in [3.63, 3.8) is 0 Å². The predicted molar refractivity (Wildman–Crippen MR) is 113 cm³/mol. The van der Waals surface area contributed by atoms with Gasteiger partial charge in [-0.3, -0.25) is 14.2 Å². The summed E-state index contributed by atoms with van der Waals surface area (Å²) in [4.78, 5) is 30.9. The highest BCUT2D eigenvalue weighted by atomic mass is 16.1. The Bertz CT molecular complexity index is 969. The van der Waals surface area contributed by atoms with Gasteiger partial charge in [-0.1, -0.05) is 30.3 Å². The third-order valence-corrected chi connectivity index (χ3v) is 4.75. The summed E-state index contributed by atoms with van der Waals surface area (Å²) in [5.74, 6) is -0.0449. The van der Waals surface area contributed by atoms with Crippen LogP contribution < -0.4 is 15.8 Å². The first-order chi connectivity index (χ1) is 13.6. The number of rotatable bonds is 9. The van der Waals surface area contributed by atoms with E-state index in [-0.39, 0.29) is 17.9 Å². The summed E-state index contributed by atoms with van der Waals surface area (Å²) in [6.45, 7) is 1.92. The Kier molecular flexibility index (Phi) is 6.78. The monoisotopic (exact) mass is 378 g/mol. The molecular formula is C22H26N4O2. The maximum Gasteiger partial charge on any atom is 0.261 e. The lowest BCUT2D eigenvalue weighted by Crippen LogP contribution is -2.28. The molecule has 1 N–H and O–H groups in total. The summed E-state index contributed by atoms with van der Waals surface area (Å²) in [7, 11) is 2.07. The van der Waals surface area contributed by atoms with Crippen molar-refractivity contribution in [3.05, 3.63) is 71.3 Å². The molecule has 0 aliphatic rings. The molecule has 3 rings (SSSR count). The van der Waals surface area contributed by atoms with Crippen molar-refractivity contribution in [2.45, 2.75) is 25.8 Å². The minimum absolute atomic E-state index is 0.0449. The van der Waals surface area contributed by atoms with Crippen molar-refractivity contribution in [1.29, 1.82) is 0 Å². The minimum atomic E-state index is -0.109. The van der Waals surface area contributed by atoms with E-state index in [9.17, 15) is 9.59 Å². The van der Waals surface area contributed by atoms with Crippen LogP contribution in [0.3, 0.4) is 0 Å². The second kappa shape index (κ2) is 9.69. The van der Waals surface area contributed by atoms with Crippen LogP contribution in [0.1, 0.15) is 19.3 Å². The molecule has 0 saturated carbocycles. The van der Waals surface area contributed by atoms with Crippen molar-refractivity contribution in [3.8, 4) is 0 Å². The average molecular weight is 378 g/mol. The number of hydrogen-bond donors (Lipinski definition) is 1. The standard InChI is InChI=1S/C22H26N4O2/c1-25(18-9-3-2-4-10-18)15-8-7-14-23-21(27)13-16-26-17-24-20-12-6-5-11-19(20)22(26)28/h2-6,9-12,17H,7-8,13-16H2,1H3,(H,23,27). The highest BCUT2D eigenvalue weighted by Crippen LogP contribution is 2.11. The quantitative estimate of drug-likeness (QED) is 0.582. The van der Waals surface area contributed by atoms with E-state index in [0.29, 0.717) is 24.0 Å². The van der Waals surface area contributed by atoms with Crippen LogP contribution in [-0.4, -0.2) is 35.6 Å². The average Bonchev–Trinajstić information content (AvgIpc) is 2.73. The van der Waals surface area contributed by atoms with Crippen molar-refractivity contribution in [2.75, 3.05) is 25.0 Å². The molecule has 1 heterocycles. The van der Waals surface area contributed by atoms with Crippen LogP contribution in [0.5, 0.6) is 0 Å². The van der Waals surface area contributed by atoms with Gasteiger partial charge in [-0.2, -0.15) is 0 Å². The number of nitrogens with zero attached hydrogens (tertiary/aromatic N) is 3. The van der Waals surface area contributed by atoms with E-state index >= 15 is 0 Å². The van der Waals surface area contributed by atoms with E-state index in [1.807, 2.05) is 36.4 Å². The highest BCUT2D eigenvalue weighted by Gasteiger charge is 2.06. The second-order valence-electron chi connectivity index (χ2n) is 6.82. The molecule has 2 aromatic carbocycles. The number of carbonyl (C=O) groups is 1. The van der Waals surface area contributed by atoms with Crippen LogP contribution in [0.4, 0.5) is 5.69 Å². The number of para-hydroxylation sites is 2. The van der Waals surface area contributed by atoms with Crippen molar-refractivity contribution in [2.24, 2.45) is 0 Å². The first-order valence-corrected chi connectivity index (χ1v) is 9.62. The molecule has 0 aliphatic heterocycles. The Balaban J connectivity index is 1.37. The van der Waals surface area contributed by atoms with Gasteiger partial charge < -0.3 is 10.2 Å². The molecule has 0 atom stereocenters. The number of unbranched alkanes of at least 4 members (excludes halogenated alkanes) is 1. The van der Waals surface area contributed by atoms with Crippen molar-refractivity contribution >= 4 is 22.5 Å². The van der Waals surface area contributed by atoms with Gasteiger partial charge in [-0.15, -0.1) is 0 Å². The summed E-state index contributed by atoms with van der Waals surface area (Å²) in [5.41, 5.74) is 1.76. The molecule has 28 heavy (non-hydrogen) atoms. The van der Waals surface area contributed by atoms with Gasteiger partial charge in [0.1, 0.15) is 0 Å². The zero-order chi connectivity index (χ0) is 19.8. The lowest BCUT2D eigenvalue weighted by Gasteiger charge is -2.19. The van der Waals surface area contributed by atoms with Crippen LogP contribution in [0.25, 0.3) is 10.9 Å². The van der Waals surface area contributed by atoms with Gasteiger partial charge in [0.05, 0.1) is 17.2 Å². The van der Waals surface area contributed by atoms with Gasteiger partial charge in [0, 0.05) is 38.8 Å². The van der Waals surface area contributed by atoms with Crippen LogP contribution in [-0.2, 0) is 11.3 Å². The number of nitrogens with one attached hydrogen (secondary N) is 1. The molecule has 6 heteroatoms. The first kappa shape index (κ1) is 19.6. The summed E-state index contributed by atoms with van der Waals surface area (Å²) in [6.07, 6.45) is 3.70. The summed E-state index contributed by atoms with van der Waals surface area (Å²) in [5, 5.41) is 3.51. The lowest BCUT2D eigenvalue weighted by atomic mass is 10.2. The second-order valence-corrected chi connectivity index (χ2v) is 6.82. The van der Waals surface area contributed by atoms with E-state index in [4.69, 9.17) is 0 Å². The fourth-order valence-corrected chi connectivity index (χ4v) is 3.09. The number of anilines is 1. The Morgan fingerprint density at radius 1 is 1.07 bits per heavy atom. The number of benzene rings is 2. The summed E-state index contributed by atoms with van der Waals surface area (Å²) >= 11 is 0. The van der Waals surface area contributed by atoms with E-state index in [1.54, 1.807) is 6.07 Å². The van der Waals surface area contributed by atoms with Gasteiger partial charge in [-0.25, -0.2) is 4.98 Å². The molecule has 6 nitrogen and oxygen atoms in total. The zero-order valence-electron chi connectivity index (χ0n) is 16.2. The number of carbonyl (C=O) groups excluding carboxylic acids is 1. The number of hydrogen-bond acceptors (Lipinski definition) is 4. The van der Waals surface area contributed by atoms with E-state index in [2.05, 4.69) is 34.4 Å². The van der Waals surface area contributed by atoms with Crippen molar-refractivity contribution < 1.29 is 4.79 Å². The molecular weight excluding hydrogens is 352 g/mol. The Hall–Kier alpha value is -3.15. The Labute approximate surface area is 164 Å². The van der Waals surface area contributed by atoms with Gasteiger partial charge in [0.25, 0.3) is 5.56 Å². The number of aryl methyl sites for hydroxylation is 1. The summed E-state index contributed by atoms with van der Waals surface area (Å²) < 4.78 is 1.50. The SMILES string of the molecule is CN(CCCCNC(=O)CCn1cnc2ccccc2c1=O)c1ccccc1. The van der Waals surface area contributed by atoms with E-state index in [0.717, 1.165) is 19.4 Å². The topological polar surface area (TPSA) is 67.2 Å². The maximum absolute atomic E-state index is 12.4. The third kappa shape index (κ3) is 5.19. The van der Waals surface area contributed by atoms with Gasteiger partial charge in [-0.05, 0) is 37.1 Å². The molecule has 1 aromatic heterocycles. The fraction of sp³-hybridized carbons (Fsp3) is 0.318. The van der Waals surface area contributed by atoms with Gasteiger partial charge >= 0.3 is 0 Å². The molecule has 0 aliphatic carbocycles. The zero-order valence-corrected chi connectivity index (χ0v) is 16.2. The molecule has 0 spiro atoms. The first-order valence-electron chi connectivity index (χ1n) is 9.62. The molecule has 146 valence electrons. The normalized spacial score (nSPS) is 10.8. The summed E-state index contributed by atoms with van der Waals surface area (Å²) in [6, 6.07) is 17.5. The maximum atomic E-state index is 12.4. The van der Waals surface area contributed by atoms with Crippen molar-refractivity contribution in [1.82, 2.24) is 14.9 Å². The number of fused-ring (bicyclic) bond motifs is 1. The molecule has 0 unspecified atom stereocenters. The Morgan fingerprint density at radius 3 is 2.64 bits per heavy atom. The Morgan fingerprint density at radius 2 is 1.82 bits per heavy atom. The largest absolute Gasteiger partial charge is 0.375 e. The van der Waals surface area contributed by atoms with Gasteiger partial charge in [0.2, 0.25) is 5.91 Å². The number of amides is 1. The predicted octanol–water partition coefficient (Wildman–Crippen LogP) is 2.82. The molecule has 1 amide bonds. The third-order valence-electron chi connectivity index (χ3n) is 4.75. The number of aromatic nitrogens is 2. The van der Waals surface area contributed by atoms with Crippen LogP contribution >= 0.6 is 0 Å². The van der Waals surface area contributed by atoms with Gasteiger partial charge in [0.15, 0.2) is 0 Å². The molecule has 0 saturated heterocycles. The molecule has 0 fully saturated rings. The van der Waals surface area contributed by atoms with Crippen LogP contribution in [0.15, 0.2) is 65.7 Å². The van der Waals surface area contributed by atoms with Crippen LogP contribution in [0.2, 0.25) is 0 Å². The molecule has 3 aromatic rings. The fourth-order valence-electron chi connectivity index (χ4n) is 3.09. The highest BCUT2D eigenvalue weighted by molar-refractivity contribution is 5.77. The molecule has 0 bridgehead atoms. The lowest BCUT2D eigenvalue weighted by molar-refractivity contribution is -0.121. The van der Waals surface area contributed by atoms with Crippen LogP contribution in [0, 0.1) is 0 Å². The van der Waals surface area contributed by atoms with E-state index < -0.39 is 0 Å². The smallest absolute Gasteiger partial charge is 0.261 e. The molecule has 0 radical (unpaired) electrons. The minimum Gasteiger partial charge on any atom is -0.375 e.